The van der Waals surface area contributed by atoms with Gasteiger partial charge in [0.2, 0.25) is 5.91 Å². The molecular formula is C33H37N5O4S2. The third kappa shape index (κ3) is 8.44. The molecule has 230 valence electrons. The number of alkyl carbamates (subject to hydrolysis) is 1. The Balaban J connectivity index is 1.30. The Hall–Kier alpha value is -3.77. The molecule has 1 aliphatic rings. The Bertz CT molecular complexity index is 1440. The third-order valence-electron chi connectivity index (χ3n) is 7.71. The molecule has 3 aromatic carbocycles. The van der Waals surface area contributed by atoms with Crippen molar-refractivity contribution in [3.8, 4) is 0 Å². The number of ether oxygens (including phenoxy) is 2. The van der Waals surface area contributed by atoms with E-state index in [4.69, 9.17) is 9.47 Å². The number of hydrogen-bond donors (Lipinski definition) is 3. The summed E-state index contributed by atoms with van der Waals surface area (Å²) in [6.45, 7) is 2.90. The molecule has 3 N–H and O–H groups in total. The van der Waals surface area contributed by atoms with Crippen LogP contribution in [0.25, 0.3) is 0 Å². The zero-order chi connectivity index (χ0) is 30.7. The number of hydrogen-bond acceptors (Lipinski definition) is 9. The van der Waals surface area contributed by atoms with Crippen LogP contribution in [0.4, 0.5) is 10.5 Å². The molecule has 0 aliphatic carbocycles. The second-order valence-electron chi connectivity index (χ2n) is 10.6. The van der Waals surface area contributed by atoms with Crippen molar-refractivity contribution in [3.63, 3.8) is 0 Å². The topological polar surface area (TPSA) is 114 Å². The van der Waals surface area contributed by atoms with E-state index in [1.807, 2.05) is 84.9 Å². The molecule has 1 fully saturated rings. The first-order valence-corrected chi connectivity index (χ1v) is 16.5. The number of amides is 2. The first-order chi connectivity index (χ1) is 21.5. The zero-order valence-electron chi connectivity index (χ0n) is 24.7. The van der Waals surface area contributed by atoms with Gasteiger partial charge in [0.25, 0.3) is 0 Å². The minimum Gasteiger partial charge on any atom is -0.453 e. The highest BCUT2D eigenvalue weighted by Crippen LogP contribution is 2.30. The second-order valence-corrected chi connectivity index (χ2v) is 12.7. The van der Waals surface area contributed by atoms with Gasteiger partial charge < -0.3 is 25.4 Å². The van der Waals surface area contributed by atoms with Crippen molar-refractivity contribution in [3.05, 3.63) is 107 Å². The predicted octanol–water partition coefficient (Wildman–Crippen LogP) is 5.50. The highest BCUT2D eigenvalue weighted by atomic mass is 32.2. The van der Waals surface area contributed by atoms with Gasteiger partial charge in [0.05, 0.1) is 19.3 Å². The Kier molecular flexibility index (Phi) is 11.4. The summed E-state index contributed by atoms with van der Waals surface area (Å²) in [6, 6.07) is 26.5. The van der Waals surface area contributed by atoms with E-state index in [1.54, 1.807) is 17.3 Å². The highest BCUT2D eigenvalue weighted by molar-refractivity contribution is 8.01. The number of para-hydroxylation sites is 1. The van der Waals surface area contributed by atoms with E-state index < -0.39 is 18.1 Å². The van der Waals surface area contributed by atoms with Gasteiger partial charge in [0.15, 0.2) is 4.34 Å². The van der Waals surface area contributed by atoms with E-state index in [9.17, 15) is 9.59 Å². The molecular weight excluding hydrogens is 595 g/mol. The number of carbonyl (C=O) groups excluding carboxylic acids is 2. The number of nitrogens with one attached hydrogen (secondary N) is 3. The van der Waals surface area contributed by atoms with E-state index in [0.29, 0.717) is 12.1 Å². The van der Waals surface area contributed by atoms with Crippen molar-refractivity contribution in [2.75, 3.05) is 24.7 Å². The third-order valence-corrected chi connectivity index (χ3v) is 9.66. The van der Waals surface area contributed by atoms with Crippen LogP contribution in [0.5, 0.6) is 0 Å². The van der Waals surface area contributed by atoms with Gasteiger partial charge in [-0.2, -0.15) is 0 Å². The average molecular weight is 632 g/mol. The largest absolute Gasteiger partial charge is 0.453 e. The minimum atomic E-state index is -0.932. The van der Waals surface area contributed by atoms with Crippen LogP contribution in [-0.2, 0) is 20.7 Å². The van der Waals surface area contributed by atoms with Gasteiger partial charge in [0, 0.05) is 29.9 Å². The molecule has 4 unspecified atom stereocenters. The van der Waals surface area contributed by atoms with E-state index in [1.165, 1.54) is 18.4 Å². The molecule has 4 aromatic rings. The SMILES string of the molecule is COC(=O)NC(C(=O)Nc1ccccc1CCC1CNC(C)C(CSc2nncs2)O1)C(c1ccccc1)c1ccccc1. The number of rotatable bonds is 12. The molecule has 5 rings (SSSR count). The van der Waals surface area contributed by atoms with Gasteiger partial charge in [-0.15, -0.1) is 10.2 Å². The first kappa shape index (κ1) is 31.6. The van der Waals surface area contributed by atoms with Gasteiger partial charge in [0.1, 0.15) is 11.6 Å². The summed E-state index contributed by atoms with van der Waals surface area (Å²) in [4.78, 5) is 26.5. The number of carbonyl (C=O) groups is 2. The fraction of sp³-hybridized carbons (Fsp3) is 0.333. The molecule has 0 spiro atoms. The smallest absolute Gasteiger partial charge is 0.407 e. The van der Waals surface area contributed by atoms with Crippen molar-refractivity contribution < 1.29 is 19.1 Å². The molecule has 2 heterocycles. The monoisotopic (exact) mass is 631 g/mol. The van der Waals surface area contributed by atoms with Gasteiger partial charge in [-0.05, 0) is 42.5 Å². The second kappa shape index (κ2) is 15.8. The number of aryl methyl sites for hydroxylation is 1. The van der Waals surface area contributed by atoms with Gasteiger partial charge >= 0.3 is 6.09 Å². The average Bonchev–Trinajstić information content (AvgIpc) is 3.59. The predicted molar refractivity (Wildman–Crippen MR) is 174 cm³/mol. The van der Waals surface area contributed by atoms with Crippen molar-refractivity contribution in [1.82, 2.24) is 20.8 Å². The molecule has 11 heteroatoms. The summed E-state index contributed by atoms with van der Waals surface area (Å²) in [7, 11) is 1.29. The molecule has 9 nitrogen and oxygen atoms in total. The van der Waals surface area contributed by atoms with Crippen LogP contribution in [-0.4, -0.2) is 65.9 Å². The van der Waals surface area contributed by atoms with Gasteiger partial charge in [-0.25, -0.2) is 4.79 Å². The zero-order valence-corrected chi connectivity index (χ0v) is 26.4. The van der Waals surface area contributed by atoms with Crippen molar-refractivity contribution in [1.29, 1.82) is 0 Å². The molecule has 0 bridgehead atoms. The minimum absolute atomic E-state index is 0.0317. The van der Waals surface area contributed by atoms with Gasteiger partial charge in [-0.3, -0.25) is 4.79 Å². The Morgan fingerprint density at radius 1 is 1.05 bits per heavy atom. The summed E-state index contributed by atoms with van der Waals surface area (Å²) in [5, 5.41) is 17.5. The lowest BCUT2D eigenvalue weighted by Gasteiger charge is -2.35. The Labute approximate surface area is 266 Å². The molecule has 4 atom stereocenters. The van der Waals surface area contributed by atoms with E-state index in [2.05, 4.69) is 33.1 Å². The molecule has 1 saturated heterocycles. The van der Waals surface area contributed by atoms with E-state index in [0.717, 1.165) is 39.7 Å². The Morgan fingerprint density at radius 3 is 2.39 bits per heavy atom. The first-order valence-electron chi connectivity index (χ1n) is 14.6. The van der Waals surface area contributed by atoms with E-state index >= 15 is 0 Å². The summed E-state index contributed by atoms with van der Waals surface area (Å²) >= 11 is 3.20. The number of aromatic nitrogens is 2. The maximum absolute atomic E-state index is 14.0. The molecule has 0 saturated carbocycles. The highest BCUT2D eigenvalue weighted by Gasteiger charge is 2.33. The number of morpholine rings is 1. The number of thioether (sulfide) groups is 1. The number of anilines is 1. The van der Waals surface area contributed by atoms with Crippen LogP contribution in [0.15, 0.2) is 94.8 Å². The number of methoxy groups -OCH3 is 1. The van der Waals surface area contributed by atoms with Crippen molar-refractivity contribution >= 4 is 40.8 Å². The van der Waals surface area contributed by atoms with Crippen LogP contribution in [0.1, 0.15) is 36.0 Å². The van der Waals surface area contributed by atoms with Crippen molar-refractivity contribution in [2.24, 2.45) is 0 Å². The Morgan fingerprint density at radius 2 is 1.73 bits per heavy atom. The van der Waals surface area contributed by atoms with Crippen molar-refractivity contribution in [2.45, 2.75) is 54.3 Å². The lowest BCUT2D eigenvalue weighted by atomic mass is 9.84. The molecule has 1 aromatic heterocycles. The molecule has 1 aliphatic heterocycles. The molecule has 44 heavy (non-hydrogen) atoms. The lowest BCUT2D eigenvalue weighted by molar-refractivity contribution is -0.118. The number of benzene rings is 3. The maximum atomic E-state index is 14.0. The normalized spacial score (nSPS) is 18.8. The fourth-order valence-corrected chi connectivity index (χ4v) is 7.03. The standard InChI is InChI=1S/C33H37N5O4S2/c1-22-28(20-43-33-38-35-21-44-33)42-26(19-34-22)18-17-23-11-9-10-16-27(23)36-31(39)30(37-32(40)41-2)29(24-12-5-3-6-13-24)25-14-7-4-8-15-25/h3-16,21-22,26,28-30,34H,17-20H2,1-2H3,(H,36,39)(H,37,40). The summed E-state index contributed by atoms with van der Waals surface area (Å²) in [5.41, 5.74) is 5.24. The summed E-state index contributed by atoms with van der Waals surface area (Å²) in [5.74, 6) is 0.0199. The van der Waals surface area contributed by atoms with Crippen LogP contribution in [0, 0.1) is 0 Å². The maximum Gasteiger partial charge on any atom is 0.407 e. The summed E-state index contributed by atoms with van der Waals surface area (Å²) < 4.78 is 12.4. The van der Waals surface area contributed by atoms with Gasteiger partial charge in [-0.1, -0.05) is 102 Å². The van der Waals surface area contributed by atoms with Crippen LogP contribution in [0.3, 0.4) is 0 Å². The molecule has 0 radical (unpaired) electrons. The fourth-order valence-electron chi connectivity index (χ4n) is 5.37. The van der Waals surface area contributed by atoms with Crippen LogP contribution < -0.4 is 16.0 Å². The van der Waals surface area contributed by atoms with Crippen LogP contribution >= 0.6 is 23.1 Å². The van der Waals surface area contributed by atoms with E-state index in [-0.39, 0.29) is 24.2 Å². The van der Waals surface area contributed by atoms with Crippen LogP contribution in [0.2, 0.25) is 0 Å². The number of nitrogens with zero attached hydrogens (tertiary/aromatic N) is 2. The lowest BCUT2D eigenvalue weighted by Crippen LogP contribution is -2.52. The quantitative estimate of drug-likeness (QED) is 0.176. The molecule has 2 amide bonds. The summed E-state index contributed by atoms with van der Waals surface area (Å²) in [6.07, 6.45) is 0.904.